The van der Waals surface area contributed by atoms with Crippen LogP contribution < -0.4 is 0 Å². The summed E-state index contributed by atoms with van der Waals surface area (Å²) in [5.41, 5.74) is 20.2. The highest BCUT2D eigenvalue weighted by atomic mass is 16.3. The predicted octanol–water partition coefficient (Wildman–Crippen LogP) is 18.1. The Bertz CT molecular complexity index is 4150. The van der Waals surface area contributed by atoms with Gasteiger partial charge in [-0.2, -0.15) is 0 Å². The van der Waals surface area contributed by atoms with Crippen LogP contribution in [-0.4, -0.2) is 9.13 Å². The summed E-state index contributed by atoms with van der Waals surface area (Å²) in [5.74, 6) is 0. The second-order valence-corrected chi connectivity index (χ2v) is 18.0. The van der Waals surface area contributed by atoms with Gasteiger partial charge in [-0.05, 0) is 105 Å². The van der Waals surface area contributed by atoms with Crippen LogP contribution in [0.2, 0.25) is 0 Å². The predicted molar refractivity (Wildman–Crippen MR) is 290 cm³/mol. The number of hydrogen-bond donors (Lipinski definition) is 0. The summed E-state index contributed by atoms with van der Waals surface area (Å²) in [5, 5.41) is 6.96. The summed E-state index contributed by atoms with van der Waals surface area (Å²) in [6.45, 7) is 0. The van der Waals surface area contributed by atoms with Gasteiger partial charge in [0, 0.05) is 49.1 Å². The summed E-state index contributed by atoms with van der Waals surface area (Å²) in [6, 6.07) is 92.6. The Morgan fingerprint density at radius 2 is 0.710 bits per heavy atom. The van der Waals surface area contributed by atoms with E-state index in [1.807, 2.05) is 0 Å². The molecule has 11 aromatic carbocycles. The molecule has 14 rings (SSSR count). The van der Waals surface area contributed by atoms with E-state index in [9.17, 15) is 0 Å². The summed E-state index contributed by atoms with van der Waals surface area (Å²) < 4.78 is 11.8. The van der Waals surface area contributed by atoms with E-state index >= 15 is 0 Å². The third-order valence-electron chi connectivity index (χ3n) is 14.2. The van der Waals surface area contributed by atoms with Crippen molar-refractivity contribution in [1.29, 1.82) is 0 Å². The molecule has 3 nitrogen and oxygen atoms in total. The first-order valence-electron chi connectivity index (χ1n) is 23.7. The third-order valence-corrected chi connectivity index (χ3v) is 14.2. The molecule has 0 atom stereocenters. The first-order valence-corrected chi connectivity index (χ1v) is 23.7. The van der Waals surface area contributed by atoms with Crippen molar-refractivity contribution >= 4 is 65.6 Å². The lowest BCUT2D eigenvalue weighted by Gasteiger charge is -2.17. The van der Waals surface area contributed by atoms with Crippen LogP contribution in [0.1, 0.15) is 0 Å². The molecule has 0 saturated heterocycles. The molecule has 0 saturated carbocycles. The smallest absolute Gasteiger partial charge is 0.143 e. The molecule has 3 heterocycles. The summed E-state index contributed by atoms with van der Waals surface area (Å²) in [6.07, 6.45) is 0. The van der Waals surface area contributed by atoms with E-state index < -0.39 is 0 Å². The van der Waals surface area contributed by atoms with Crippen molar-refractivity contribution in [2.45, 2.75) is 0 Å². The average molecular weight is 879 g/mol. The number of benzene rings is 11. The lowest BCUT2D eigenvalue weighted by Crippen LogP contribution is -2.00. The van der Waals surface area contributed by atoms with Crippen molar-refractivity contribution in [3.05, 3.63) is 255 Å². The topological polar surface area (TPSA) is 23.0 Å². The number of para-hydroxylation sites is 4. The minimum atomic E-state index is 0.881. The zero-order chi connectivity index (χ0) is 45.4. The molecule has 0 aliphatic rings. The van der Waals surface area contributed by atoms with Gasteiger partial charge in [-0.25, -0.2) is 0 Å². The fourth-order valence-electron chi connectivity index (χ4n) is 11.0. The van der Waals surface area contributed by atoms with Gasteiger partial charge >= 0.3 is 0 Å². The van der Waals surface area contributed by atoms with Gasteiger partial charge in [0.25, 0.3) is 0 Å². The van der Waals surface area contributed by atoms with Crippen molar-refractivity contribution in [1.82, 2.24) is 9.13 Å². The lowest BCUT2D eigenvalue weighted by atomic mass is 9.92. The fourth-order valence-corrected chi connectivity index (χ4v) is 11.0. The molecule has 0 radical (unpaired) electrons. The van der Waals surface area contributed by atoms with E-state index in [-0.39, 0.29) is 0 Å². The molecule has 0 fully saturated rings. The van der Waals surface area contributed by atoms with Gasteiger partial charge in [0.2, 0.25) is 0 Å². The van der Waals surface area contributed by atoms with Gasteiger partial charge in [-0.1, -0.05) is 194 Å². The number of rotatable bonds is 7. The Balaban J connectivity index is 1.11. The number of aromatic nitrogens is 2. The molecule has 0 aliphatic carbocycles. The number of furan rings is 1. The van der Waals surface area contributed by atoms with Gasteiger partial charge in [-0.3, -0.25) is 0 Å². The second kappa shape index (κ2) is 15.7. The summed E-state index contributed by atoms with van der Waals surface area (Å²) in [7, 11) is 0. The first kappa shape index (κ1) is 39.0. The highest BCUT2D eigenvalue weighted by molar-refractivity contribution is 6.17. The van der Waals surface area contributed by atoms with Gasteiger partial charge in [-0.15, -0.1) is 0 Å². The van der Waals surface area contributed by atoms with Crippen LogP contribution in [0, 0.1) is 0 Å². The Morgan fingerprint density at radius 3 is 1.33 bits per heavy atom. The monoisotopic (exact) mass is 878 g/mol. The van der Waals surface area contributed by atoms with E-state index in [2.05, 4.69) is 264 Å². The molecule has 3 heteroatoms. The Hall–Kier alpha value is -9.18. The normalized spacial score (nSPS) is 11.8. The number of hydrogen-bond acceptors (Lipinski definition) is 1. The van der Waals surface area contributed by atoms with Crippen LogP contribution in [0.3, 0.4) is 0 Å². The van der Waals surface area contributed by atoms with E-state index in [4.69, 9.17) is 4.42 Å². The van der Waals surface area contributed by atoms with E-state index in [0.29, 0.717) is 0 Å². The third kappa shape index (κ3) is 6.21. The Labute approximate surface area is 399 Å². The highest BCUT2D eigenvalue weighted by Gasteiger charge is 2.24. The first-order chi connectivity index (χ1) is 34.2. The van der Waals surface area contributed by atoms with Gasteiger partial charge in [0.05, 0.1) is 27.8 Å². The highest BCUT2D eigenvalue weighted by Crippen LogP contribution is 2.46. The zero-order valence-electron chi connectivity index (χ0n) is 37.6. The molecule has 0 N–H and O–H groups in total. The molecule has 0 bridgehead atoms. The average Bonchev–Trinajstić information content (AvgIpc) is 4.08. The second-order valence-electron chi connectivity index (χ2n) is 18.0. The maximum Gasteiger partial charge on any atom is 0.143 e. The molecule has 0 aliphatic heterocycles. The minimum absolute atomic E-state index is 0.881. The molecule has 14 aromatic rings. The van der Waals surface area contributed by atoms with E-state index in [1.54, 1.807) is 0 Å². The largest absolute Gasteiger partial charge is 0.455 e. The fraction of sp³-hybridized carbons (Fsp3) is 0. The molecule has 0 unspecified atom stereocenters. The van der Waals surface area contributed by atoms with Gasteiger partial charge in [0.15, 0.2) is 0 Å². The van der Waals surface area contributed by atoms with Crippen molar-refractivity contribution < 1.29 is 4.42 Å². The Morgan fingerprint density at radius 1 is 0.246 bits per heavy atom. The molecule has 0 amide bonds. The SMILES string of the molecule is c1ccc(-c2ccccc2-c2ccc3c(c2)c2cc(-c4ccccc4-c4ccccc4)ccc2n3-c2cc3c(cc2-c2cccc4c2oc2ccccc24)c2ccccc2n3-c2ccccc2)cc1. The van der Waals surface area contributed by atoms with Crippen LogP contribution in [0.4, 0.5) is 0 Å². The van der Waals surface area contributed by atoms with E-state index in [0.717, 1.165) is 66.5 Å². The van der Waals surface area contributed by atoms with E-state index in [1.165, 1.54) is 66.1 Å². The maximum absolute atomic E-state index is 6.87. The molecular formula is C66H42N2O. The lowest BCUT2D eigenvalue weighted by molar-refractivity contribution is 0.670. The standard InChI is InChI=1S/C66H42N2O/c1-4-19-43(20-5-1)48-25-10-12-27-50(48)45-35-37-61-56(39-45)57-40-46(51-28-13-11-26-49(51)44-21-6-2-7-22-44)36-38-62(57)68(61)64-42-63-58(52-29-14-16-33-60(52)67(63)47-23-8-3-9-24-47)41-59(64)55-32-18-31-54-53-30-15-17-34-65(53)69-66(54)55/h1-42H. The zero-order valence-corrected chi connectivity index (χ0v) is 37.6. The van der Waals surface area contributed by atoms with Crippen LogP contribution >= 0.6 is 0 Å². The molecule has 0 spiro atoms. The van der Waals surface area contributed by atoms with Crippen LogP contribution in [-0.2, 0) is 0 Å². The number of nitrogens with zero attached hydrogens (tertiary/aromatic N) is 2. The van der Waals surface area contributed by atoms with Crippen LogP contribution in [0.5, 0.6) is 0 Å². The number of fused-ring (bicyclic) bond motifs is 9. The van der Waals surface area contributed by atoms with Crippen molar-refractivity contribution in [2.75, 3.05) is 0 Å². The maximum atomic E-state index is 6.87. The molecule has 322 valence electrons. The van der Waals surface area contributed by atoms with Crippen molar-refractivity contribution in [2.24, 2.45) is 0 Å². The van der Waals surface area contributed by atoms with Gasteiger partial charge in [0.1, 0.15) is 11.2 Å². The minimum Gasteiger partial charge on any atom is -0.455 e. The van der Waals surface area contributed by atoms with Crippen molar-refractivity contribution in [3.63, 3.8) is 0 Å². The van der Waals surface area contributed by atoms with Crippen LogP contribution in [0.15, 0.2) is 259 Å². The molecule has 3 aromatic heterocycles. The van der Waals surface area contributed by atoms with Gasteiger partial charge < -0.3 is 13.6 Å². The molecular weight excluding hydrogens is 837 g/mol. The summed E-state index contributed by atoms with van der Waals surface area (Å²) in [4.78, 5) is 0. The Kier molecular flexibility index (Phi) is 8.90. The quantitative estimate of drug-likeness (QED) is 0.156. The molecule has 69 heavy (non-hydrogen) atoms. The van der Waals surface area contributed by atoms with Crippen LogP contribution in [0.25, 0.3) is 133 Å². The van der Waals surface area contributed by atoms with Crippen molar-refractivity contribution in [3.8, 4) is 67.0 Å². The summed E-state index contributed by atoms with van der Waals surface area (Å²) >= 11 is 0.